The normalized spacial score (nSPS) is 9.94. The SMILES string of the molecule is C#CCNC(=O)CCc1nnc(-c2ccsc2)o1. The van der Waals surface area contributed by atoms with E-state index in [1.807, 2.05) is 16.8 Å². The number of rotatable bonds is 5. The molecule has 0 aliphatic rings. The van der Waals surface area contributed by atoms with Gasteiger partial charge in [-0.25, -0.2) is 0 Å². The molecule has 18 heavy (non-hydrogen) atoms. The van der Waals surface area contributed by atoms with E-state index in [0.29, 0.717) is 18.2 Å². The third-order valence-corrected chi connectivity index (χ3v) is 2.87. The van der Waals surface area contributed by atoms with Crippen molar-refractivity contribution in [1.29, 1.82) is 0 Å². The number of aryl methyl sites for hydroxylation is 1. The largest absolute Gasteiger partial charge is 0.421 e. The fraction of sp³-hybridized carbons (Fsp3) is 0.250. The van der Waals surface area contributed by atoms with Crippen LogP contribution in [0.4, 0.5) is 0 Å². The van der Waals surface area contributed by atoms with E-state index in [-0.39, 0.29) is 18.9 Å². The summed E-state index contributed by atoms with van der Waals surface area (Å²) in [5, 5.41) is 14.3. The van der Waals surface area contributed by atoms with E-state index in [2.05, 4.69) is 21.4 Å². The third kappa shape index (κ3) is 3.18. The lowest BCUT2D eigenvalue weighted by Crippen LogP contribution is -2.23. The van der Waals surface area contributed by atoms with Crippen LogP contribution in [0.1, 0.15) is 12.3 Å². The number of nitrogens with one attached hydrogen (secondary N) is 1. The number of amides is 1. The molecule has 0 saturated heterocycles. The van der Waals surface area contributed by atoms with Gasteiger partial charge in [0.2, 0.25) is 17.7 Å². The summed E-state index contributed by atoms with van der Waals surface area (Å²) in [5.74, 6) is 3.15. The summed E-state index contributed by atoms with van der Waals surface area (Å²) in [6, 6.07) is 1.90. The first-order chi connectivity index (χ1) is 8.79. The van der Waals surface area contributed by atoms with E-state index in [1.165, 1.54) is 0 Å². The molecule has 0 bridgehead atoms. The lowest BCUT2D eigenvalue weighted by atomic mass is 10.3. The van der Waals surface area contributed by atoms with Crippen LogP contribution in [0, 0.1) is 12.3 Å². The zero-order valence-corrected chi connectivity index (χ0v) is 10.4. The second-order valence-corrected chi connectivity index (χ2v) is 4.27. The lowest BCUT2D eigenvalue weighted by molar-refractivity contribution is -0.120. The first-order valence-electron chi connectivity index (χ1n) is 5.34. The molecular formula is C12H11N3O2S. The van der Waals surface area contributed by atoms with E-state index in [4.69, 9.17) is 10.8 Å². The molecule has 92 valence electrons. The van der Waals surface area contributed by atoms with Crippen molar-refractivity contribution in [2.24, 2.45) is 0 Å². The zero-order valence-electron chi connectivity index (χ0n) is 9.55. The van der Waals surface area contributed by atoms with Crippen molar-refractivity contribution in [2.45, 2.75) is 12.8 Å². The molecule has 0 aliphatic carbocycles. The molecule has 5 nitrogen and oxygen atoms in total. The van der Waals surface area contributed by atoms with E-state index in [9.17, 15) is 4.79 Å². The molecule has 0 atom stereocenters. The highest BCUT2D eigenvalue weighted by Crippen LogP contribution is 2.20. The molecule has 0 saturated carbocycles. The van der Waals surface area contributed by atoms with E-state index in [0.717, 1.165) is 5.56 Å². The second kappa shape index (κ2) is 5.98. The van der Waals surface area contributed by atoms with Crippen LogP contribution in [0.5, 0.6) is 0 Å². The van der Waals surface area contributed by atoms with Gasteiger partial charge in [0, 0.05) is 23.8 Å². The number of thiophene rings is 1. The molecule has 2 aromatic heterocycles. The van der Waals surface area contributed by atoms with Gasteiger partial charge in [0.05, 0.1) is 6.54 Å². The quantitative estimate of drug-likeness (QED) is 0.828. The maximum atomic E-state index is 11.3. The smallest absolute Gasteiger partial charge is 0.248 e. The maximum absolute atomic E-state index is 11.3. The Morgan fingerprint density at radius 1 is 1.56 bits per heavy atom. The van der Waals surface area contributed by atoms with Crippen LogP contribution < -0.4 is 5.32 Å². The molecule has 2 rings (SSSR count). The molecular weight excluding hydrogens is 250 g/mol. The van der Waals surface area contributed by atoms with Gasteiger partial charge < -0.3 is 9.73 Å². The minimum Gasteiger partial charge on any atom is -0.421 e. The Balaban J connectivity index is 1.88. The summed E-state index contributed by atoms with van der Waals surface area (Å²) < 4.78 is 5.45. The Kier molecular flexibility index (Phi) is 4.10. The average molecular weight is 261 g/mol. The van der Waals surface area contributed by atoms with Crippen LogP contribution in [-0.4, -0.2) is 22.6 Å². The molecule has 0 radical (unpaired) electrons. The predicted molar refractivity (Wildman–Crippen MR) is 67.8 cm³/mol. The highest BCUT2D eigenvalue weighted by molar-refractivity contribution is 7.08. The Hall–Kier alpha value is -2.13. The Bertz CT molecular complexity index is 554. The van der Waals surface area contributed by atoms with Crippen LogP contribution in [-0.2, 0) is 11.2 Å². The van der Waals surface area contributed by atoms with Crippen LogP contribution >= 0.6 is 11.3 Å². The summed E-state index contributed by atoms with van der Waals surface area (Å²) in [6.07, 6.45) is 5.73. The number of carbonyl (C=O) groups is 1. The number of hydrogen-bond donors (Lipinski definition) is 1. The molecule has 1 amide bonds. The van der Waals surface area contributed by atoms with Gasteiger partial charge in [-0.15, -0.1) is 16.6 Å². The molecule has 0 spiro atoms. The van der Waals surface area contributed by atoms with Crippen molar-refractivity contribution in [3.63, 3.8) is 0 Å². The third-order valence-electron chi connectivity index (χ3n) is 2.19. The Morgan fingerprint density at radius 3 is 3.17 bits per heavy atom. The van der Waals surface area contributed by atoms with Gasteiger partial charge in [0.15, 0.2) is 0 Å². The van der Waals surface area contributed by atoms with Gasteiger partial charge in [-0.05, 0) is 11.4 Å². The molecule has 2 aromatic rings. The van der Waals surface area contributed by atoms with Gasteiger partial charge in [0.25, 0.3) is 0 Å². The highest BCUT2D eigenvalue weighted by Gasteiger charge is 2.10. The molecule has 0 unspecified atom stereocenters. The molecule has 6 heteroatoms. The van der Waals surface area contributed by atoms with Crippen LogP contribution in [0.3, 0.4) is 0 Å². The summed E-state index contributed by atoms with van der Waals surface area (Å²) in [6.45, 7) is 0.239. The minimum atomic E-state index is -0.122. The Morgan fingerprint density at radius 2 is 2.44 bits per heavy atom. The monoisotopic (exact) mass is 261 g/mol. The fourth-order valence-electron chi connectivity index (χ4n) is 1.32. The summed E-state index contributed by atoms with van der Waals surface area (Å²) in [4.78, 5) is 11.3. The van der Waals surface area contributed by atoms with Gasteiger partial charge in [0.1, 0.15) is 0 Å². The topological polar surface area (TPSA) is 68.0 Å². The molecule has 2 heterocycles. The van der Waals surface area contributed by atoms with Crippen LogP contribution in [0.15, 0.2) is 21.2 Å². The number of hydrogen-bond acceptors (Lipinski definition) is 5. The number of carbonyl (C=O) groups excluding carboxylic acids is 1. The highest BCUT2D eigenvalue weighted by atomic mass is 32.1. The zero-order chi connectivity index (χ0) is 12.8. The first-order valence-corrected chi connectivity index (χ1v) is 6.29. The van der Waals surface area contributed by atoms with Crippen molar-refractivity contribution in [2.75, 3.05) is 6.54 Å². The Labute approximate surface area is 108 Å². The van der Waals surface area contributed by atoms with Crippen molar-refractivity contribution >= 4 is 17.2 Å². The predicted octanol–water partition coefficient (Wildman–Crippen LogP) is 1.48. The van der Waals surface area contributed by atoms with Crippen LogP contribution in [0.2, 0.25) is 0 Å². The van der Waals surface area contributed by atoms with Crippen molar-refractivity contribution in [1.82, 2.24) is 15.5 Å². The average Bonchev–Trinajstić information content (AvgIpc) is 3.03. The van der Waals surface area contributed by atoms with Crippen molar-refractivity contribution in [3.05, 3.63) is 22.7 Å². The summed E-state index contributed by atoms with van der Waals surface area (Å²) in [7, 11) is 0. The standard InChI is InChI=1S/C12H11N3O2S/c1-2-6-13-10(16)3-4-11-14-15-12(17-11)9-5-7-18-8-9/h1,5,7-8H,3-4,6H2,(H,13,16). The van der Waals surface area contributed by atoms with E-state index < -0.39 is 0 Å². The molecule has 0 fully saturated rings. The van der Waals surface area contributed by atoms with Gasteiger partial charge in [-0.2, -0.15) is 11.3 Å². The van der Waals surface area contributed by atoms with Crippen LogP contribution in [0.25, 0.3) is 11.5 Å². The van der Waals surface area contributed by atoms with E-state index in [1.54, 1.807) is 11.3 Å². The lowest BCUT2D eigenvalue weighted by Gasteiger charge is -1.98. The van der Waals surface area contributed by atoms with E-state index >= 15 is 0 Å². The first kappa shape index (κ1) is 12.3. The fourth-order valence-corrected chi connectivity index (χ4v) is 1.95. The van der Waals surface area contributed by atoms with Gasteiger partial charge in [-0.1, -0.05) is 5.92 Å². The van der Waals surface area contributed by atoms with Gasteiger partial charge in [-0.3, -0.25) is 4.79 Å². The van der Waals surface area contributed by atoms with Crippen molar-refractivity contribution < 1.29 is 9.21 Å². The summed E-state index contributed by atoms with van der Waals surface area (Å²) in [5.41, 5.74) is 0.899. The van der Waals surface area contributed by atoms with Crippen molar-refractivity contribution in [3.8, 4) is 23.8 Å². The molecule has 0 aromatic carbocycles. The van der Waals surface area contributed by atoms with Gasteiger partial charge >= 0.3 is 0 Å². The second-order valence-electron chi connectivity index (χ2n) is 3.49. The number of terminal acetylenes is 1. The number of nitrogens with zero attached hydrogens (tertiary/aromatic N) is 2. The summed E-state index contributed by atoms with van der Waals surface area (Å²) >= 11 is 1.56. The maximum Gasteiger partial charge on any atom is 0.248 e. The molecule has 0 aliphatic heterocycles. The number of aromatic nitrogens is 2. The molecule has 1 N–H and O–H groups in total. The minimum absolute atomic E-state index is 0.122.